The highest BCUT2D eigenvalue weighted by Gasteiger charge is 2.17. The third-order valence-electron chi connectivity index (χ3n) is 2.59. The summed E-state index contributed by atoms with van der Waals surface area (Å²) in [6, 6.07) is 0. The van der Waals surface area contributed by atoms with Gasteiger partial charge in [-0.25, -0.2) is 0 Å². The van der Waals surface area contributed by atoms with Gasteiger partial charge in [0.25, 0.3) is 0 Å². The first-order valence-corrected chi connectivity index (χ1v) is 4.24. The second-order valence-electron chi connectivity index (χ2n) is 3.35. The second-order valence-corrected chi connectivity index (χ2v) is 3.35. The molecule has 0 bridgehead atoms. The fraction of sp³-hybridized carbons (Fsp3) is 0.556. The van der Waals surface area contributed by atoms with Crippen LogP contribution in [0.5, 0.6) is 0 Å². The highest BCUT2D eigenvalue weighted by molar-refractivity contribution is 5.26. The lowest BCUT2D eigenvalue weighted by atomic mass is 9.86. The molecule has 3 N–H and O–H groups in total. The second kappa shape index (κ2) is 2.70. The van der Waals surface area contributed by atoms with E-state index in [-0.39, 0.29) is 0 Å². The van der Waals surface area contributed by atoms with Gasteiger partial charge in [-0.15, -0.1) is 0 Å². The lowest BCUT2D eigenvalue weighted by molar-refractivity contribution is 0.471. The van der Waals surface area contributed by atoms with Gasteiger partial charge in [-0.2, -0.15) is 0 Å². The Bertz CT molecular complexity index is 239. The number of aromatic nitrogens is 1. The molecule has 1 aliphatic carbocycles. The average Bonchev–Trinajstić information content (AvgIpc) is 2.50. The summed E-state index contributed by atoms with van der Waals surface area (Å²) in [6.07, 6.45) is 7.87. The van der Waals surface area contributed by atoms with Gasteiger partial charge in [-0.3, -0.25) is 0 Å². The lowest BCUT2D eigenvalue weighted by Gasteiger charge is -2.19. The van der Waals surface area contributed by atoms with Gasteiger partial charge in [0.15, 0.2) is 0 Å². The Kier molecular flexibility index (Phi) is 1.70. The van der Waals surface area contributed by atoms with Crippen molar-refractivity contribution >= 4 is 0 Å². The van der Waals surface area contributed by atoms with Gasteiger partial charge in [0.1, 0.15) is 0 Å². The number of nitrogens with one attached hydrogen (secondary N) is 1. The van der Waals surface area contributed by atoms with Crippen molar-refractivity contribution in [3.8, 4) is 0 Å². The number of hydrogen-bond acceptors (Lipinski definition) is 1. The van der Waals surface area contributed by atoms with Gasteiger partial charge in [0.2, 0.25) is 0 Å². The molecule has 1 aromatic heterocycles. The molecule has 0 fully saturated rings. The van der Waals surface area contributed by atoms with Gasteiger partial charge in [-0.1, -0.05) is 0 Å². The predicted octanol–water partition coefficient (Wildman–Crippen LogP) is 1.08. The van der Waals surface area contributed by atoms with E-state index in [1.54, 1.807) is 0 Å². The van der Waals surface area contributed by atoms with E-state index in [1.807, 2.05) is 0 Å². The van der Waals surface area contributed by atoms with E-state index in [0.717, 1.165) is 12.5 Å². The van der Waals surface area contributed by atoms with Gasteiger partial charge < -0.3 is 10.7 Å². The van der Waals surface area contributed by atoms with Crippen LogP contribution in [-0.2, 0) is 12.8 Å². The molecule has 2 nitrogen and oxygen atoms in total. The fourth-order valence-corrected chi connectivity index (χ4v) is 1.82. The molecule has 0 saturated carbocycles. The van der Waals surface area contributed by atoms with Crippen molar-refractivity contribution in [1.29, 1.82) is 0 Å². The average molecular weight is 150 g/mol. The molecule has 1 aliphatic rings. The van der Waals surface area contributed by atoms with Crippen LogP contribution in [0.25, 0.3) is 0 Å². The minimum atomic E-state index is 0.721. The number of nitrogens with two attached hydrogens (primary N) is 1. The molecule has 11 heavy (non-hydrogen) atoms. The number of fused-ring (bicyclic) bond motifs is 1. The Morgan fingerprint density at radius 1 is 1.45 bits per heavy atom. The van der Waals surface area contributed by atoms with Crippen LogP contribution >= 0.6 is 0 Å². The molecule has 2 rings (SSSR count). The zero-order valence-corrected chi connectivity index (χ0v) is 6.64. The molecule has 0 radical (unpaired) electrons. The molecule has 0 amide bonds. The highest BCUT2D eigenvalue weighted by atomic mass is 14.6. The number of aromatic amines is 1. The first-order valence-electron chi connectivity index (χ1n) is 4.24. The SMILES string of the molecule is NC[C@@H]1CCc2c[nH]cc2C1. The normalized spacial score (nSPS) is 23.2. The van der Waals surface area contributed by atoms with E-state index in [4.69, 9.17) is 5.73 Å². The molecule has 2 heteroatoms. The standard InChI is InChI=1S/C9H14N2/c10-4-7-1-2-8-5-11-6-9(8)3-7/h5-7,11H,1-4,10H2/t7-/m1/s1. The first-order chi connectivity index (χ1) is 5.40. The molecule has 1 atom stereocenters. The topological polar surface area (TPSA) is 41.8 Å². The third-order valence-corrected chi connectivity index (χ3v) is 2.59. The monoisotopic (exact) mass is 150 g/mol. The number of hydrogen-bond donors (Lipinski definition) is 2. The lowest BCUT2D eigenvalue weighted by Crippen LogP contribution is -2.21. The molecule has 0 unspecified atom stereocenters. The van der Waals surface area contributed by atoms with E-state index in [2.05, 4.69) is 17.4 Å². The number of rotatable bonds is 1. The molecule has 0 spiro atoms. The summed E-state index contributed by atoms with van der Waals surface area (Å²) in [5.41, 5.74) is 8.59. The maximum absolute atomic E-state index is 5.62. The van der Waals surface area contributed by atoms with E-state index >= 15 is 0 Å². The van der Waals surface area contributed by atoms with Crippen molar-refractivity contribution in [2.45, 2.75) is 19.3 Å². The summed E-state index contributed by atoms with van der Waals surface area (Å²) in [5, 5.41) is 0. The van der Waals surface area contributed by atoms with Crippen LogP contribution in [0.15, 0.2) is 12.4 Å². The summed E-state index contributed by atoms with van der Waals surface area (Å²) in [7, 11) is 0. The maximum Gasteiger partial charge on any atom is 0.00403 e. The Labute approximate surface area is 66.8 Å². The smallest absolute Gasteiger partial charge is 0.00403 e. The minimum absolute atomic E-state index is 0.721. The van der Waals surface area contributed by atoms with E-state index < -0.39 is 0 Å². The van der Waals surface area contributed by atoms with Crippen molar-refractivity contribution in [2.75, 3.05) is 6.54 Å². The molecule has 0 saturated heterocycles. The quantitative estimate of drug-likeness (QED) is 0.618. The molecule has 1 aromatic rings. The van der Waals surface area contributed by atoms with E-state index in [1.165, 1.54) is 30.4 Å². The summed E-state index contributed by atoms with van der Waals surface area (Å²) in [5.74, 6) is 0.721. The zero-order valence-electron chi connectivity index (χ0n) is 6.64. The summed E-state index contributed by atoms with van der Waals surface area (Å²) in [6.45, 7) is 0.838. The van der Waals surface area contributed by atoms with Crippen molar-refractivity contribution < 1.29 is 0 Å². The Balaban J connectivity index is 2.18. The Hall–Kier alpha value is -0.760. The van der Waals surface area contributed by atoms with Crippen LogP contribution in [0.2, 0.25) is 0 Å². The van der Waals surface area contributed by atoms with Gasteiger partial charge in [0.05, 0.1) is 0 Å². The van der Waals surface area contributed by atoms with Crippen LogP contribution in [-0.4, -0.2) is 11.5 Å². The number of H-pyrrole nitrogens is 1. The third kappa shape index (κ3) is 1.18. The van der Waals surface area contributed by atoms with Crippen molar-refractivity contribution in [3.63, 3.8) is 0 Å². The summed E-state index contributed by atoms with van der Waals surface area (Å²) in [4.78, 5) is 3.14. The first kappa shape index (κ1) is 6.92. The van der Waals surface area contributed by atoms with Crippen LogP contribution in [0.4, 0.5) is 0 Å². The van der Waals surface area contributed by atoms with Crippen molar-refractivity contribution in [1.82, 2.24) is 4.98 Å². The zero-order chi connectivity index (χ0) is 7.68. The molecular formula is C9H14N2. The molecule has 0 aliphatic heterocycles. The predicted molar refractivity (Wildman–Crippen MR) is 45.4 cm³/mol. The number of aryl methyl sites for hydroxylation is 1. The van der Waals surface area contributed by atoms with Gasteiger partial charge >= 0.3 is 0 Å². The van der Waals surface area contributed by atoms with Crippen LogP contribution in [0, 0.1) is 5.92 Å². The van der Waals surface area contributed by atoms with Crippen LogP contribution in [0.1, 0.15) is 17.5 Å². The summed E-state index contributed by atoms with van der Waals surface area (Å²) >= 11 is 0. The van der Waals surface area contributed by atoms with Crippen LogP contribution in [0.3, 0.4) is 0 Å². The molecular weight excluding hydrogens is 136 g/mol. The highest BCUT2D eigenvalue weighted by Crippen LogP contribution is 2.24. The maximum atomic E-state index is 5.62. The van der Waals surface area contributed by atoms with Crippen molar-refractivity contribution in [3.05, 3.63) is 23.5 Å². The molecule has 1 heterocycles. The van der Waals surface area contributed by atoms with E-state index in [0.29, 0.717) is 0 Å². The molecule has 60 valence electrons. The van der Waals surface area contributed by atoms with Gasteiger partial charge in [-0.05, 0) is 42.9 Å². The fourth-order valence-electron chi connectivity index (χ4n) is 1.82. The minimum Gasteiger partial charge on any atom is -0.367 e. The van der Waals surface area contributed by atoms with Crippen LogP contribution < -0.4 is 5.73 Å². The summed E-state index contributed by atoms with van der Waals surface area (Å²) < 4.78 is 0. The Morgan fingerprint density at radius 3 is 3.09 bits per heavy atom. The Morgan fingerprint density at radius 2 is 2.27 bits per heavy atom. The van der Waals surface area contributed by atoms with E-state index in [9.17, 15) is 0 Å². The molecule has 0 aromatic carbocycles. The van der Waals surface area contributed by atoms with Gasteiger partial charge in [0, 0.05) is 12.4 Å². The van der Waals surface area contributed by atoms with Crippen molar-refractivity contribution in [2.24, 2.45) is 11.7 Å². The largest absolute Gasteiger partial charge is 0.367 e.